The van der Waals surface area contributed by atoms with Gasteiger partial charge in [-0.2, -0.15) is 13.1 Å². The quantitative estimate of drug-likeness (QED) is 0.819. The summed E-state index contributed by atoms with van der Waals surface area (Å²) in [6.45, 7) is 7.58. The smallest absolute Gasteiger partial charge is 0.275 e. The van der Waals surface area contributed by atoms with Crippen molar-refractivity contribution in [3.63, 3.8) is 0 Å². The molecule has 1 fully saturated rings. The molecule has 9 heteroatoms. The Morgan fingerprint density at radius 2 is 1.88 bits per heavy atom. The van der Waals surface area contributed by atoms with Crippen LogP contribution in [0, 0.1) is 13.8 Å². The number of nitrogens with zero attached hydrogens (tertiary/aromatic N) is 4. The number of nitrogens with two attached hydrogens (primary N) is 1. The Morgan fingerprint density at radius 3 is 2.64 bits per heavy atom. The highest BCUT2D eigenvalue weighted by molar-refractivity contribution is 7.87. The average molecular weight is 364 g/mol. The SMILES string of the molecule is Cc1cc2ncnc(N3CCCN(CNS(N)(=O)=O)CC3)c2cc1C. The van der Waals surface area contributed by atoms with Crippen LogP contribution in [-0.4, -0.2) is 56.1 Å². The number of anilines is 1. The van der Waals surface area contributed by atoms with Crippen molar-refractivity contribution in [1.29, 1.82) is 0 Å². The van der Waals surface area contributed by atoms with Gasteiger partial charge in [0.25, 0.3) is 10.2 Å². The number of rotatable bonds is 4. The summed E-state index contributed by atoms with van der Waals surface area (Å²) in [4.78, 5) is 13.2. The fourth-order valence-electron chi connectivity index (χ4n) is 3.08. The molecule has 136 valence electrons. The molecule has 0 radical (unpaired) electrons. The van der Waals surface area contributed by atoms with Gasteiger partial charge in [-0.1, -0.05) is 0 Å². The fraction of sp³-hybridized carbons (Fsp3) is 0.500. The maximum atomic E-state index is 11.1. The number of aromatic nitrogens is 2. The van der Waals surface area contributed by atoms with E-state index >= 15 is 0 Å². The van der Waals surface area contributed by atoms with E-state index in [-0.39, 0.29) is 6.67 Å². The largest absolute Gasteiger partial charge is 0.355 e. The van der Waals surface area contributed by atoms with Crippen LogP contribution in [0.25, 0.3) is 10.9 Å². The molecular formula is C16H24N6O2S. The minimum Gasteiger partial charge on any atom is -0.355 e. The van der Waals surface area contributed by atoms with E-state index in [1.807, 2.05) is 4.90 Å². The third-order valence-corrected chi connectivity index (χ3v) is 5.14. The Kier molecular flexibility index (Phi) is 5.19. The van der Waals surface area contributed by atoms with Gasteiger partial charge >= 0.3 is 0 Å². The molecule has 0 atom stereocenters. The highest BCUT2D eigenvalue weighted by Gasteiger charge is 2.19. The Morgan fingerprint density at radius 1 is 1.12 bits per heavy atom. The lowest BCUT2D eigenvalue weighted by Crippen LogP contribution is -2.42. The zero-order chi connectivity index (χ0) is 18.0. The van der Waals surface area contributed by atoms with Gasteiger partial charge in [0.1, 0.15) is 12.1 Å². The van der Waals surface area contributed by atoms with Crippen molar-refractivity contribution in [1.82, 2.24) is 19.6 Å². The number of fused-ring (bicyclic) bond motifs is 1. The van der Waals surface area contributed by atoms with E-state index in [2.05, 4.69) is 45.6 Å². The van der Waals surface area contributed by atoms with Crippen LogP contribution in [-0.2, 0) is 10.2 Å². The summed E-state index contributed by atoms with van der Waals surface area (Å²) in [5, 5.41) is 6.06. The summed E-state index contributed by atoms with van der Waals surface area (Å²) in [7, 11) is -3.66. The molecule has 25 heavy (non-hydrogen) atoms. The Bertz CT molecular complexity index is 870. The monoisotopic (exact) mass is 364 g/mol. The summed E-state index contributed by atoms with van der Waals surface area (Å²) >= 11 is 0. The molecule has 1 aromatic carbocycles. The molecule has 1 aliphatic rings. The minimum absolute atomic E-state index is 0.232. The highest BCUT2D eigenvalue weighted by atomic mass is 32.2. The van der Waals surface area contributed by atoms with E-state index in [1.165, 1.54) is 11.1 Å². The summed E-state index contributed by atoms with van der Waals surface area (Å²) in [5.41, 5.74) is 3.38. The second kappa shape index (κ2) is 7.20. The van der Waals surface area contributed by atoms with Gasteiger partial charge in [-0.15, -0.1) is 0 Å². The molecular weight excluding hydrogens is 340 g/mol. The third kappa shape index (κ3) is 4.43. The molecule has 0 aliphatic carbocycles. The maximum absolute atomic E-state index is 11.1. The predicted molar refractivity (Wildman–Crippen MR) is 98.5 cm³/mol. The van der Waals surface area contributed by atoms with Gasteiger partial charge in [0.2, 0.25) is 0 Å². The molecule has 8 nitrogen and oxygen atoms in total. The van der Waals surface area contributed by atoms with Gasteiger partial charge in [-0.3, -0.25) is 4.90 Å². The number of nitrogens with one attached hydrogen (secondary N) is 1. The fourth-order valence-corrected chi connectivity index (χ4v) is 3.44. The van der Waals surface area contributed by atoms with Gasteiger partial charge in [0, 0.05) is 31.6 Å². The molecule has 0 spiro atoms. The predicted octanol–water partition coefficient (Wildman–Crippen LogP) is 0.509. The summed E-state index contributed by atoms with van der Waals surface area (Å²) in [6, 6.07) is 4.24. The third-order valence-electron chi connectivity index (χ3n) is 4.61. The number of aryl methyl sites for hydroxylation is 2. The maximum Gasteiger partial charge on any atom is 0.275 e. The second-order valence-corrected chi connectivity index (χ2v) is 7.84. The van der Waals surface area contributed by atoms with E-state index in [1.54, 1.807) is 6.33 Å². The lowest BCUT2D eigenvalue weighted by Gasteiger charge is -2.24. The van der Waals surface area contributed by atoms with Crippen molar-refractivity contribution in [2.75, 3.05) is 37.7 Å². The summed E-state index contributed by atoms with van der Waals surface area (Å²) < 4.78 is 24.5. The standard InChI is InChI=1S/C16H24N6O2S/c1-12-8-14-15(9-13(12)2)18-10-19-16(14)22-5-3-4-21(6-7-22)11-20-25(17,23)24/h8-10,20H,3-7,11H2,1-2H3,(H2,17,23,24). The van der Waals surface area contributed by atoms with Crippen molar-refractivity contribution in [2.45, 2.75) is 20.3 Å². The zero-order valence-electron chi connectivity index (χ0n) is 14.6. The molecule has 0 bridgehead atoms. The molecule has 3 N–H and O–H groups in total. The second-order valence-electron chi connectivity index (χ2n) is 6.46. The van der Waals surface area contributed by atoms with Crippen LogP contribution >= 0.6 is 0 Å². The molecule has 0 saturated carbocycles. The van der Waals surface area contributed by atoms with Gasteiger partial charge in [0.05, 0.1) is 12.2 Å². The van der Waals surface area contributed by atoms with Crippen molar-refractivity contribution >= 4 is 26.9 Å². The molecule has 0 amide bonds. The number of hydrogen-bond acceptors (Lipinski definition) is 6. The molecule has 2 aromatic rings. The first-order chi connectivity index (χ1) is 11.8. The van der Waals surface area contributed by atoms with E-state index in [4.69, 9.17) is 5.14 Å². The van der Waals surface area contributed by atoms with E-state index in [9.17, 15) is 8.42 Å². The number of benzene rings is 1. The molecule has 0 unspecified atom stereocenters. The van der Waals surface area contributed by atoms with E-state index in [0.29, 0.717) is 0 Å². The van der Waals surface area contributed by atoms with Gasteiger partial charge < -0.3 is 4.90 Å². The van der Waals surface area contributed by atoms with Crippen molar-refractivity contribution in [2.24, 2.45) is 5.14 Å². The Balaban J connectivity index is 1.79. The van der Waals surface area contributed by atoms with Crippen LogP contribution in [0.1, 0.15) is 17.5 Å². The normalized spacial score (nSPS) is 17.0. The Labute approximate surface area is 148 Å². The molecule has 2 heterocycles. The first-order valence-corrected chi connectivity index (χ1v) is 9.85. The van der Waals surface area contributed by atoms with Crippen molar-refractivity contribution in [3.05, 3.63) is 29.6 Å². The van der Waals surface area contributed by atoms with Gasteiger partial charge in [-0.25, -0.2) is 15.1 Å². The molecule has 1 saturated heterocycles. The van der Waals surface area contributed by atoms with E-state index < -0.39 is 10.2 Å². The molecule has 1 aliphatic heterocycles. The van der Waals surface area contributed by atoms with Gasteiger partial charge in [0.15, 0.2) is 0 Å². The zero-order valence-corrected chi connectivity index (χ0v) is 15.4. The first kappa shape index (κ1) is 18.0. The topological polar surface area (TPSA) is 104 Å². The van der Waals surface area contributed by atoms with Crippen molar-refractivity contribution < 1.29 is 8.42 Å². The van der Waals surface area contributed by atoms with Gasteiger partial charge in [-0.05, 0) is 43.5 Å². The Hall–Kier alpha value is -1.81. The molecule has 1 aromatic heterocycles. The average Bonchev–Trinajstić information content (AvgIpc) is 2.78. The van der Waals surface area contributed by atoms with Crippen LogP contribution in [0.3, 0.4) is 0 Å². The van der Waals surface area contributed by atoms with E-state index in [0.717, 1.165) is 49.3 Å². The highest BCUT2D eigenvalue weighted by Crippen LogP contribution is 2.26. The number of hydrogen-bond donors (Lipinski definition) is 2. The lowest BCUT2D eigenvalue weighted by molar-refractivity contribution is 0.289. The van der Waals surface area contributed by atoms with Crippen LogP contribution in [0.2, 0.25) is 0 Å². The van der Waals surface area contributed by atoms with Crippen molar-refractivity contribution in [3.8, 4) is 0 Å². The summed E-state index contributed by atoms with van der Waals surface area (Å²) in [5.74, 6) is 0.939. The van der Waals surface area contributed by atoms with Crippen LogP contribution < -0.4 is 14.8 Å². The summed E-state index contributed by atoms with van der Waals surface area (Å²) in [6.07, 6.45) is 2.53. The van der Waals surface area contributed by atoms with Crippen LogP contribution in [0.4, 0.5) is 5.82 Å². The minimum atomic E-state index is -3.66. The lowest BCUT2D eigenvalue weighted by atomic mass is 10.1. The first-order valence-electron chi connectivity index (χ1n) is 8.30. The molecule has 3 rings (SSSR count). The van der Waals surface area contributed by atoms with Crippen LogP contribution in [0.5, 0.6) is 0 Å². The van der Waals surface area contributed by atoms with Crippen LogP contribution in [0.15, 0.2) is 18.5 Å².